The van der Waals surface area contributed by atoms with Crippen molar-refractivity contribution >= 4 is 5.97 Å². The number of carbonyl (C=O) groups is 1. The third kappa shape index (κ3) is 2.32. The first-order valence-corrected chi connectivity index (χ1v) is 6.41. The number of methoxy groups -OCH3 is 2. The van der Waals surface area contributed by atoms with E-state index in [2.05, 4.69) is 0 Å². The molecule has 0 heterocycles. The molecule has 0 amide bonds. The average Bonchev–Trinajstić information content (AvgIpc) is 2.51. The maximum atomic E-state index is 12.4. The van der Waals surface area contributed by atoms with E-state index >= 15 is 0 Å². The molecule has 2 rings (SSSR count). The standard InChI is InChI=1S/C17H18O3/c1-13-9-11-15(12-10-13)17(20-3,16(18)19-2)14-7-5-4-6-8-14/h4-12H,1-3H3. The maximum absolute atomic E-state index is 12.4. The molecule has 0 fully saturated rings. The SMILES string of the molecule is COC(=O)C(OC)(c1ccccc1)c1ccc(C)cc1. The number of carbonyl (C=O) groups excluding carboxylic acids is 1. The van der Waals surface area contributed by atoms with Gasteiger partial charge in [-0.1, -0.05) is 60.2 Å². The quantitative estimate of drug-likeness (QED) is 0.801. The average molecular weight is 270 g/mol. The van der Waals surface area contributed by atoms with Gasteiger partial charge in [0.15, 0.2) is 0 Å². The molecule has 104 valence electrons. The van der Waals surface area contributed by atoms with E-state index < -0.39 is 11.6 Å². The summed E-state index contributed by atoms with van der Waals surface area (Å²) >= 11 is 0. The molecule has 20 heavy (non-hydrogen) atoms. The summed E-state index contributed by atoms with van der Waals surface area (Å²) < 4.78 is 10.6. The van der Waals surface area contributed by atoms with Crippen molar-refractivity contribution in [3.63, 3.8) is 0 Å². The van der Waals surface area contributed by atoms with E-state index in [-0.39, 0.29) is 0 Å². The van der Waals surface area contributed by atoms with Crippen LogP contribution < -0.4 is 0 Å². The summed E-state index contributed by atoms with van der Waals surface area (Å²) in [7, 11) is 2.89. The summed E-state index contributed by atoms with van der Waals surface area (Å²) in [5, 5.41) is 0. The first kappa shape index (κ1) is 14.3. The molecule has 0 bridgehead atoms. The van der Waals surface area contributed by atoms with Gasteiger partial charge in [0.25, 0.3) is 0 Å². The monoisotopic (exact) mass is 270 g/mol. The second kappa shape index (κ2) is 5.88. The van der Waals surface area contributed by atoms with Gasteiger partial charge in [0.2, 0.25) is 5.60 Å². The van der Waals surface area contributed by atoms with Gasteiger partial charge in [0.05, 0.1) is 7.11 Å². The second-order valence-corrected chi connectivity index (χ2v) is 4.61. The predicted octanol–water partition coefficient (Wildman–Crippen LogP) is 3.06. The van der Waals surface area contributed by atoms with Crippen LogP contribution in [0.1, 0.15) is 16.7 Å². The summed E-state index contributed by atoms with van der Waals surface area (Å²) in [6, 6.07) is 17.1. The van der Waals surface area contributed by atoms with Gasteiger partial charge in [-0.25, -0.2) is 4.79 Å². The van der Waals surface area contributed by atoms with Crippen LogP contribution in [0, 0.1) is 6.92 Å². The van der Waals surface area contributed by atoms with E-state index in [9.17, 15) is 4.79 Å². The highest BCUT2D eigenvalue weighted by atomic mass is 16.6. The molecule has 0 radical (unpaired) electrons. The Hall–Kier alpha value is -2.13. The number of esters is 1. The minimum absolute atomic E-state index is 0.435. The summed E-state index contributed by atoms with van der Waals surface area (Å²) in [4.78, 5) is 12.4. The van der Waals surface area contributed by atoms with E-state index in [0.717, 1.165) is 16.7 Å². The summed E-state index contributed by atoms with van der Waals surface area (Å²) in [5.41, 5.74) is 1.39. The Bertz CT molecular complexity index is 575. The molecule has 0 N–H and O–H groups in total. The van der Waals surface area contributed by atoms with Gasteiger partial charge >= 0.3 is 5.97 Å². The number of ether oxygens (including phenoxy) is 2. The predicted molar refractivity (Wildman–Crippen MR) is 77.4 cm³/mol. The van der Waals surface area contributed by atoms with E-state index in [1.165, 1.54) is 14.2 Å². The van der Waals surface area contributed by atoms with Crippen molar-refractivity contribution in [2.75, 3.05) is 14.2 Å². The molecule has 1 atom stereocenters. The molecule has 0 aromatic heterocycles. The Morgan fingerprint density at radius 2 is 1.45 bits per heavy atom. The summed E-state index contributed by atoms with van der Waals surface area (Å²) in [6.07, 6.45) is 0. The largest absolute Gasteiger partial charge is 0.466 e. The highest BCUT2D eigenvalue weighted by Gasteiger charge is 2.43. The molecule has 2 aromatic rings. The van der Waals surface area contributed by atoms with Crippen molar-refractivity contribution in [3.05, 3.63) is 71.3 Å². The van der Waals surface area contributed by atoms with Gasteiger partial charge in [-0.05, 0) is 18.1 Å². The maximum Gasteiger partial charge on any atom is 0.347 e. The molecule has 2 aromatic carbocycles. The molecule has 0 aliphatic heterocycles. The van der Waals surface area contributed by atoms with Gasteiger partial charge in [0.1, 0.15) is 0 Å². The van der Waals surface area contributed by atoms with Crippen LogP contribution in [-0.2, 0) is 19.9 Å². The molecular formula is C17H18O3. The Balaban J connectivity index is 2.65. The van der Waals surface area contributed by atoms with Crippen LogP contribution in [0.25, 0.3) is 0 Å². The topological polar surface area (TPSA) is 35.5 Å². The minimum Gasteiger partial charge on any atom is -0.466 e. The van der Waals surface area contributed by atoms with E-state index in [0.29, 0.717) is 0 Å². The lowest BCUT2D eigenvalue weighted by atomic mass is 9.85. The third-order valence-electron chi connectivity index (χ3n) is 3.42. The van der Waals surface area contributed by atoms with Gasteiger partial charge < -0.3 is 9.47 Å². The summed E-state index contributed by atoms with van der Waals surface area (Å²) in [5.74, 6) is -0.435. The van der Waals surface area contributed by atoms with Crippen LogP contribution in [0.5, 0.6) is 0 Å². The van der Waals surface area contributed by atoms with E-state index in [1.54, 1.807) is 0 Å². The molecule has 1 unspecified atom stereocenters. The van der Waals surface area contributed by atoms with Crippen LogP contribution in [0.2, 0.25) is 0 Å². The van der Waals surface area contributed by atoms with Gasteiger partial charge in [0, 0.05) is 7.11 Å². The van der Waals surface area contributed by atoms with Crippen molar-refractivity contribution in [2.45, 2.75) is 12.5 Å². The zero-order valence-electron chi connectivity index (χ0n) is 11.9. The van der Waals surface area contributed by atoms with Crippen molar-refractivity contribution in [3.8, 4) is 0 Å². The fourth-order valence-electron chi connectivity index (χ4n) is 2.33. The number of rotatable bonds is 4. The second-order valence-electron chi connectivity index (χ2n) is 4.61. The lowest BCUT2D eigenvalue weighted by molar-refractivity contribution is -0.162. The summed E-state index contributed by atoms with van der Waals surface area (Å²) in [6.45, 7) is 2.00. The molecule has 0 saturated carbocycles. The van der Waals surface area contributed by atoms with Crippen molar-refractivity contribution in [2.24, 2.45) is 0 Å². The van der Waals surface area contributed by atoms with Crippen LogP contribution in [0.4, 0.5) is 0 Å². The van der Waals surface area contributed by atoms with Crippen LogP contribution >= 0.6 is 0 Å². The fourth-order valence-corrected chi connectivity index (χ4v) is 2.33. The highest BCUT2D eigenvalue weighted by molar-refractivity contribution is 5.85. The zero-order chi connectivity index (χ0) is 14.6. The fraction of sp³-hybridized carbons (Fsp3) is 0.235. The Kier molecular flexibility index (Phi) is 4.20. The molecule has 0 aliphatic rings. The Labute approximate surface area is 119 Å². The number of hydrogen-bond donors (Lipinski definition) is 0. The lowest BCUT2D eigenvalue weighted by Gasteiger charge is -2.30. The highest BCUT2D eigenvalue weighted by Crippen LogP contribution is 2.34. The lowest BCUT2D eigenvalue weighted by Crippen LogP contribution is -2.40. The third-order valence-corrected chi connectivity index (χ3v) is 3.42. The molecule has 3 nitrogen and oxygen atoms in total. The first-order valence-electron chi connectivity index (χ1n) is 6.41. The van der Waals surface area contributed by atoms with Gasteiger partial charge in [-0.3, -0.25) is 0 Å². The van der Waals surface area contributed by atoms with Crippen LogP contribution in [0.3, 0.4) is 0 Å². The van der Waals surface area contributed by atoms with E-state index in [1.807, 2.05) is 61.5 Å². The van der Waals surface area contributed by atoms with Crippen molar-refractivity contribution in [1.82, 2.24) is 0 Å². The normalized spacial score (nSPS) is 13.6. The Morgan fingerprint density at radius 3 is 1.95 bits per heavy atom. The van der Waals surface area contributed by atoms with Gasteiger partial charge in [-0.2, -0.15) is 0 Å². The molecule has 0 saturated heterocycles. The molecule has 3 heteroatoms. The van der Waals surface area contributed by atoms with Crippen LogP contribution in [0.15, 0.2) is 54.6 Å². The van der Waals surface area contributed by atoms with Crippen molar-refractivity contribution in [1.29, 1.82) is 0 Å². The smallest absolute Gasteiger partial charge is 0.347 e. The van der Waals surface area contributed by atoms with E-state index in [4.69, 9.17) is 9.47 Å². The number of benzene rings is 2. The number of hydrogen-bond acceptors (Lipinski definition) is 3. The molecule has 0 aliphatic carbocycles. The molecular weight excluding hydrogens is 252 g/mol. The zero-order valence-corrected chi connectivity index (χ0v) is 11.9. The molecule has 0 spiro atoms. The van der Waals surface area contributed by atoms with Crippen LogP contribution in [-0.4, -0.2) is 20.2 Å². The number of aryl methyl sites for hydroxylation is 1. The first-order chi connectivity index (χ1) is 9.65. The van der Waals surface area contributed by atoms with Crippen molar-refractivity contribution < 1.29 is 14.3 Å². The minimum atomic E-state index is -1.23. The van der Waals surface area contributed by atoms with Gasteiger partial charge in [-0.15, -0.1) is 0 Å². The Morgan fingerprint density at radius 1 is 0.900 bits per heavy atom.